The first kappa shape index (κ1) is 21.2. The third-order valence-corrected chi connectivity index (χ3v) is 4.97. The molecule has 1 aromatic carbocycles. The summed E-state index contributed by atoms with van der Waals surface area (Å²) in [6, 6.07) is 6.97. The van der Waals surface area contributed by atoms with E-state index >= 15 is 0 Å². The smallest absolute Gasteiger partial charge is 0.244 e. The molecule has 1 unspecified atom stereocenters. The Morgan fingerprint density at radius 1 is 1.20 bits per heavy atom. The number of rotatable bonds is 7. The lowest BCUT2D eigenvalue weighted by Crippen LogP contribution is -2.42. The number of hydrogen-bond acceptors (Lipinski definition) is 6. The van der Waals surface area contributed by atoms with Gasteiger partial charge < -0.3 is 15.5 Å². The zero-order valence-electron chi connectivity index (χ0n) is 17.6. The molecule has 1 heterocycles. The molecule has 0 aliphatic heterocycles. The standard InChI is InChI=1S/C22H26N6O2/c1-13(2)20(22(30)28(3)4)26-17-9-15(7-8-16(17)10-23)18-11-25-19(12-24-18)27-21(29)14-5-6-14/h7-9,11-14,20,26H,5-6H2,1-4H3,(H,25,27,29). The van der Waals surface area contributed by atoms with Crippen LogP contribution in [0, 0.1) is 23.2 Å². The van der Waals surface area contributed by atoms with Crippen LogP contribution >= 0.6 is 0 Å². The van der Waals surface area contributed by atoms with Crippen molar-refractivity contribution in [2.24, 2.45) is 11.8 Å². The fourth-order valence-corrected chi connectivity index (χ4v) is 3.00. The molecule has 3 rings (SSSR count). The van der Waals surface area contributed by atoms with Crippen LogP contribution in [0.1, 0.15) is 32.3 Å². The fourth-order valence-electron chi connectivity index (χ4n) is 3.00. The Labute approximate surface area is 176 Å². The van der Waals surface area contributed by atoms with Gasteiger partial charge in [0.15, 0.2) is 5.82 Å². The minimum Gasteiger partial charge on any atom is -0.372 e. The van der Waals surface area contributed by atoms with Gasteiger partial charge in [0.05, 0.1) is 29.3 Å². The number of nitrogens with one attached hydrogen (secondary N) is 2. The minimum absolute atomic E-state index is 0.0211. The maximum atomic E-state index is 12.5. The maximum Gasteiger partial charge on any atom is 0.244 e. The highest BCUT2D eigenvalue weighted by Crippen LogP contribution is 2.30. The number of anilines is 2. The van der Waals surface area contributed by atoms with Gasteiger partial charge in [-0.3, -0.25) is 14.6 Å². The molecule has 1 aliphatic rings. The van der Waals surface area contributed by atoms with E-state index < -0.39 is 6.04 Å². The number of aromatic nitrogens is 2. The van der Waals surface area contributed by atoms with Crippen LogP contribution in [0.2, 0.25) is 0 Å². The average molecular weight is 406 g/mol. The largest absolute Gasteiger partial charge is 0.372 e. The van der Waals surface area contributed by atoms with E-state index in [-0.39, 0.29) is 23.7 Å². The first-order valence-electron chi connectivity index (χ1n) is 9.95. The Hall–Kier alpha value is -3.47. The van der Waals surface area contributed by atoms with Crippen LogP contribution < -0.4 is 10.6 Å². The first-order chi connectivity index (χ1) is 14.3. The Morgan fingerprint density at radius 2 is 1.93 bits per heavy atom. The van der Waals surface area contributed by atoms with Gasteiger partial charge in [0.2, 0.25) is 11.8 Å². The van der Waals surface area contributed by atoms with Crippen LogP contribution in [-0.2, 0) is 9.59 Å². The van der Waals surface area contributed by atoms with Crippen LogP contribution in [-0.4, -0.2) is 46.8 Å². The normalized spacial score (nSPS) is 14.0. The summed E-state index contributed by atoms with van der Waals surface area (Å²) in [5.41, 5.74) is 2.37. The second-order valence-electron chi connectivity index (χ2n) is 8.02. The summed E-state index contributed by atoms with van der Waals surface area (Å²) in [6.45, 7) is 3.91. The van der Waals surface area contributed by atoms with Crippen molar-refractivity contribution in [3.05, 3.63) is 36.2 Å². The SMILES string of the molecule is CC(C)C(Nc1cc(-c2cnc(NC(=O)C3CC3)cn2)ccc1C#N)C(=O)N(C)C. The molecule has 0 spiro atoms. The molecule has 0 saturated heterocycles. The van der Waals surface area contributed by atoms with Crippen molar-refractivity contribution >= 4 is 23.3 Å². The van der Waals surface area contributed by atoms with Gasteiger partial charge in [0.1, 0.15) is 12.1 Å². The maximum absolute atomic E-state index is 12.5. The van der Waals surface area contributed by atoms with Crippen LogP contribution in [0.15, 0.2) is 30.6 Å². The van der Waals surface area contributed by atoms with Crippen molar-refractivity contribution in [2.75, 3.05) is 24.7 Å². The van der Waals surface area contributed by atoms with Crippen LogP contribution in [0.4, 0.5) is 11.5 Å². The third kappa shape index (κ3) is 4.92. The minimum atomic E-state index is -0.464. The van der Waals surface area contributed by atoms with Gasteiger partial charge in [-0.25, -0.2) is 4.98 Å². The van der Waals surface area contributed by atoms with E-state index in [9.17, 15) is 14.9 Å². The molecular formula is C22H26N6O2. The van der Waals surface area contributed by atoms with E-state index in [0.29, 0.717) is 22.8 Å². The molecule has 30 heavy (non-hydrogen) atoms. The molecule has 2 amide bonds. The fraction of sp³-hybridized carbons (Fsp3) is 0.409. The topological polar surface area (TPSA) is 111 Å². The van der Waals surface area contributed by atoms with Crippen molar-refractivity contribution in [3.8, 4) is 17.3 Å². The van der Waals surface area contributed by atoms with Gasteiger partial charge in [0, 0.05) is 25.6 Å². The number of hydrogen-bond donors (Lipinski definition) is 2. The lowest BCUT2D eigenvalue weighted by atomic mass is 10.0. The van der Waals surface area contributed by atoms with E-state index in [4.69, 9.17) is 0 Å². The Balaban J connectivity index is 1.83. The molecule has 1 atom stereocenters. The van der Waals surface area contributed by atoms with Gasteiger partial charge in [-0.15, -0.1) is 0 Å². The molecule has 0 radical (unpaired) electrons. The summed E-state index contributed by atoms with van der Waals surface area (Å²) >= 11 is 0. The Morgan fingerprint density at radius 3 is 2.47 bits per heavy atom. The summed E-state index contributed by atoms with van der Waals surface area (Å²) in [5.74, 6) is 0.461. The van der Waals surface area contributed by atoms with Crippen LogP contribution in [0.3, 0.4) is 0 Å². The molecule has 1 aromatic heterocycles. The predicted molar refractivity (Wildman–Crippen MR) is 114 cm³/mol. The van der Waals surface area contributed by atoms with Crippen LogP contribution in [0.25, 0.3) is 11.3 Å². The molecular weight excluding hydrogens is 380 g/mol. The van der Waals surface area contributed by atoms with Crippen molar-refractivity contribution < 1.29 is 9.59 Å². The quantitative estimate of drug-likeness (QED) is 0.731. The number of carbonyl (C=O) groups is 2. The van der Waals surface area contributed by atoms with Crippen molar-refractivity contribution in [1.29, 1.82) is 5.26 Å². The van der Waals surface area contributed by atoms with Crippen molar-refractivity contribution in [3.63, 3.8) is 0 Å². The van der Waals surface area contributed by atoms with Gasteiger partial charge in [0.25, 0.3) is 0 Å². The van der Waals surface area contributed by atoms with E-state index in [1.165, 1.54) is 11.1 Å². The van der Waals surface area contributed by atoms with E-state index in [1.807, 2.05) is 13.8 Å². The molecule has 0 bridgehead atoms. The van der Waals surface area contributed by atoms with E-state index in [1.54, 1.807) is 38.5 Å². The molecule has 8 nitrogen and oxygen atoms in total. The highest BCUT2D eigenvalue weighted by Gasteiger charge is 2.30. The van der Waals surface area contributed by atoms with E-state index in [0.717, 1.165) is 18.4 Å². The zero-order chi connectivity index (χ0) is 21.8. The molecule has 1 fully saturated rings. The zero-order valence-corrected chi connectivity index (χ0v) is 17.6. The summed E-state index contributed by atoms with van der Waals surface area (Å²) in [7, 11) is 3.42. The number of benzene rings is 1. The molecule has 156 valence electrons. The molecule has 2 N–H and O–H groups in total. The molecule has 2 aromatic rings. The lowest BCUT2D eigenvalue weighted by molar-refractivity contribution is -0.130. The third-order valence-electron chi connectivity index (χ3n) is 4.97. The highest BCUT2D eigenvalue weighted by molar-refractivity contribution is 5.93. The number of amides is 2. The van der Waals surface area contributed by atoms with Gasteiger partial charge in [-0.1, -0.05) is 19.9 Å². The highest BCUT2D eigenvalue weighted by atomic mass is 16.2. The second-order valence-corrected chi connectivity index (χ2v) is 8.02. The number of nitriles is 1. The summed E-state index contributed by atoms with van der Waals surface area (Å²) in [4.78, 5) is 34.6. The Kier molecular flexibility index (Phi) is 6.31. The van der Waals surface area contributed by atoms with Gasteiger partial charge in [-0.2, -0.15) is 5.26 Å². The Bertz CT molecular complexity index is 974. The molecule has 1 saturated carbocycles. The molecule has 8 heteroatoms. The van der Waals surface area contributed by atoms with Crippen LogP contribution in [0.5, 0.6) is 0 Å². The number of likely N-dealkylation sites (N-methyl/N-ethyl adjacent to an activating group) is 1. The monoisotopic (exact) mass is 406 g/mol. The summed E-state index contributed by atoms with van der Waals surface area (Å²) < 4.78 is 0. The lowest BCUT2D eigenvalue weighted by Gasteiger charge is -2.26. The average Bonchev–Trinajstić information content (AvgIpc) is 3.57. The first-order valence-corrected chi connectivity index (χ1v) is 9.95. The van der Waals surface area contributed by atoms with E-state index in [2.05, 4.69) is 26.7 Å². The molecule has 1 aliphatic carbocycles. The van der Waals surface area contributed by atoms with Crippen molar-refractivity contribution in [2.45, 2.75) is 32.7 Å². The van der Waals surface area contributed by atoms with Crippen molar-refractivity contribution in [1.82, 2.24) is 14.9 Å². The number of carbonyl (C=O) groups excluding carboxylic acids is 2. The predicted octanol–water partition coefficient (Wildman–Crippen LogP) is 2.89. The number of nitrogens with zero attached hydrogens (tertiary/aromatic N) is 4. The van der Waals surface area contributed by atoms with Gasteiger partial charge in [-0.05, 0) is 30.9 Å². The second kappa shape index (κ2) is 8.91. The van der Waals surface area contributed by atoms with Gasteiger partial charge >= 0.3 is 0 Å². The summed E-state index contributed by atoms with van der Waals surface area (Å²) in [6.07, 6.45) is 4.95. The summed E-state index contributed by atoms with van der Waals surface area (Å²) in [5, 5.41) is 15.5.